The van der Waals surface area contributed by atoms with Gasteiger partial charge >= 0.3 is 6.03 Å². The van der Waals surface area contributed by atoms with Crippen molar-refractivity contribution in [3.63, 3.8) is 0 Å². The predicted octanol–water partition coefficient (Wildman–Crippen LogP) is 7.36. The summed E-state index contributed by atoms with van der Waals surface area (Å²) in [7, 11) is 0. The standard InChI is InChI=1S/C38H44N6O3/c1-24-8-12-30(13-9-24)44-35(23-34(43-44)38(2,3)4)42-37(47)40-29-7-5-6-26(21-29)31(25-16-18-39-19-17-25)22-33(45)28-10-14-32-27(20-28)11-15-36(46)41-32/h5-10,12-14,20-21,23,25,31,39H,11,15-19,22H2,1-4H3,(H,41,46)(H2,40,42,47). The summed E-state index contributed by atoms with van der Waals surface area (Å²) in [5, 5.41) is 17.2. The number of Topliss-reactive ketones (excluding diaryl/α,β-unsaturated/α-hetero) is 1. The Morgan fingerprint density at radius 3 is 2.47 bits per heavy atom. The summed E-state index contributed by atoms with van der Waals surface area (Å²) in [6, 6.07) is 23.1. The van der Waals surface area contributed by atoms with Crippen LogP contribution in [-0.4, -0.2) is 40.6 Å². The molecule has 2 aliphatic rings. The van der Waals surface area contributed by atoms with Crippen LogP contribution in [0.1, 0.15) is 85.1 Å². The summed E-state index contributed by atoms with van der Waals surface area (Å²) in [6.07, 6.45) is 3.40. The molecule has 0 spiro atoms. The molecule has 0 radical (unpaired) electrons. The van der Waals surface area contributed by atoms with Crippen LogP contribution in [0.2, 0.25) is 0 Å². The van der Waals surface area contributed by atoms with Crippen LogP contribution < -0.4 is 21.3 Å². The van der Waals surface area contributed by atoms with Gasteiger partial charge in [-0.05, 0) is 105 Å². The topological polar surface area (TPSA) is 117 Å². The van der Waals surface area contributed by atoms with Gasteiger partial charge in [0.05, 0.1) is 11.4 Å². The first-order chi connectivity index (χ1) is 22.5. The number of carbonyl (C=O) groups excluding carboxylic acids is 3. The Balaban J connectivity index is 1.21. The van der Waals surface area contributed by atoms with Gasteiger partial charge < -0.3 is 16.0 Å². The lowest BCUT2D eigenvalue weighted by Crippen LogP contribution is -2.31. The number of aryl methyl sites for hydroxylation is 2. The molecule has 4 aromatic rings. The van der Waals surface area contributed by atoms with Crippen molar-refractivity contribution >= 4 is 34.9 Å². The molecule has 4 N–H and O–H groups in total. The van der Waals surface area contributed by atoms with Crippen molar-refractivity contribution in [2.75, 3.05) is 29.0 Å². The number of nitrogens with one attached hydrogen (secondary N) is 4. The van der Waals surface area contributed by atoms with Crippen molar-refractivity contribution in [1.29, 1.82) is 0 Å². The number of amides is 3. The lowest BCUT2D eigenvalue weighted by molar-refractivity contribution is -0.116. The van der Waals surface area contributed by atoms with Gasteiger partial charge in [-0.3, -0.25) is 14.9 Å². The van der Waals surface area contributed by atoms with Crippen molar-refractivity contribution in [3.05, 3.63) is 101 Å². The van der Waals surface area contributed by atoms with Gasteiger partial charge in [-0.1, -0.05) is 50.6 Å². The Hall–Kier alpha value is -4.76. The van der Waals surface area contributed by atoms with E-state index in [1.54, 1.807) is 4.68 Å². The Morgan fingerprint density at radius 2 is 1.72 bits per heavy atom. The monoisotopic (exact) mass is 632 g/mol. The van der Waals surface area contributed by atoms with E-state index in [4.69, 9.17) is 5.10 Å². The summed E-state index contributed by atoms with van der Waals surface area (Å²) >= 11 is 0. The number of benzene rings is 3. The molecule has 3 amide bonds. The molecule has 3 heterocycles. The third-order valence-electron chi connectivity index (χ3n) is 9.25. The van der Waals surface area contributed by atoms with E-state index in [-0.39, 0.29) is 29.1 Å². The molecule has 0 saturated carbocycles. The fraction of sp³-hybridized carbons (Fsp3) is 0.368. The number of hydrogen-bond acceptors (Lipinski definition) is 5. The molecule has 9 heteroatoms. The second kappa shape index (κ2) is 13.5. The number of fused-ring (bicyclic) bond motifs is 1. The molecular weight excluding hydrogens is 588 g/mol. The number of rotatable bonds is 8. The Morgan fingerprint density at radius 1 is 0.957 bits per heavy atom. The minimum Gasteiger partial charge on any atom is -0.326 e. The van der Waals surface area contributed by atoms with Gasteiger partial charge in [0.2, 0.25) is 5.91 Å². The van der Waals surface area contributed by atoms with Crippen molar-refractivity contribution in [2.45, 2.75) is 71.1 Å². The molecule has 9 nitrogen and oxygen atoms in total. The van der Waals surface area contributed by atoms with Crippen LogP contribution in [0.25, 0.3) is 5.69 Å². The predicted molar refractivity (Wildman–Crippen MR) is 187 cm³/mol. The highest BCUT2D eigenvalue weighted by atomic mass is 16.2. The molecule has 1 fully saturated rings. The van der Waals surface area contributed by atoms with Crippen molar-refractivity contribution in [1.82, 2.24) is 15.1 Å². The average Bonchev–Trinajstić information content (AvgIpc) is 3.48. The molecule has 1 unspecified atom stereocenters. The molecular formula is C38H44N6O3. The van der Waals surface area contributed by atoms with Crippen molar-refractivity contribution < 1.29 is 14.4 Å². The Kier molecular flexibility index (Phi) is 9.27. The lowest BCUT2D eigenvalue weighted by atomic mass is 9.77. The van der Waals surface area contributed by atoms with Crippen LogP contribution in [0.4, 0.5) is 22.0 Å². The highest BCUT2D eigenvalue weighted by Crippen LogP contribution is 2.37. The zero-order valence-corrected chi connectivity index (χ0v) is 27.7. The van der Waals surface area contributed by atoms with Crippen LogP contribution in [0, 0.1) is 12.8 Å². The first-order valence-corrected chi connectivity index (χ1v) is 16.6. The summed E-state index contributed by atoms with van der Waals surface area (Å²) in [6.45, 7) is 10.2. The van der Waals surface area contributed by atoms with Crippen molar-refractivity contribution in [2.24, 2.45) is 5.92 Å². The maximum Gasteiger partial charge on any atom is 0.324 e. The quantitative estimate of drug-likeness (QED) is 0.151. The van der Waals surface area contributed by atoms with E-state index in [0.717, 1.165) is 59.7 Å². The number of hydrogen-bond donors (Lipinski definition) is 4. The molecule has 1 aromatic heterocycles. The molecule has 0 bridgehead atoms. The van der Waals surface area contributed by atoms with Gasteiger partial charge in [0.25, 0.3) is 0 Å². The van der Waals surface area contributed by atoms with Gasteiger partial charge in [0, 0.05) is 41.3 Å². The van der Waals surface area contributed by atoms with E-state index >= 15 is 0 Å². The van der Waals surface area contributed by atoms with Crippen LogP contribution in [0.5, 0.6) is 0 Å². The first-order valence-electron chi connectivity index (χ1n) is 16.6. The number of carbonyl (C=O) groups is 3. The minimum atomic E-state index is -0.369. The number of ketones is 1. The zero-order valence-electron chi connectivity index (χ0n) is 27.7. The third-order valence-corrected chi connectivity index (χ3v) is 9.25. The molecule has 244 valence electrons. The highest BCUT2D eigenvalue weighted by molar-refractivity contribution is 6.00. The smallest absolute Gasteiger partial charge is 0.324 e. The number of aromatic nitrogens is 2. The zero-order chi connectivity index (χ0) is 33.1. The van der Waals surface area contributed by atoms with E-state index in [2.05, 4.69) is 48.1 Å². The van der Waals surface area contributed by atoms with Crippen molar-refractivity contribution in [3.8, 4) is 5.69 Å². The second-order valence-electron chi connectivity index (χ2n) is 13.9. The Labute approximate surface area is 276 Å². The lowest BCUT2D eigenvalue weighted by Gasteiger charge is -2.31. The largest absolute Gasteiger partial charge is 0.326 e. The maximum absolute atomic E-state index is 13.7. The highest BCUT2D eigenvalue weighted by Gasteiger charge is 2.29. The molecule has 3 aromatic carbocycles. The maximum atomic E-state index is 13.7. The molecule has 0 aliphatic carbocycles. The van der Waals surface area contributed by atoms with Crippen LogP contribution in [0.3, 0.4) is 0 Å². The normalized spacial score (nSPS) is 15.8. The fourth-order valence-electron chi connectivity index (χ4n) is 6.52. The number of piperidine rings is 1. The van der Waals surface area contributed by atoms with Gasteiger partial charge in [-0.15, -0.1) is 0 Å². The van der Waals surface area contributed by atoms with E-state index < -0.39 is 0 Å². The van der Waals surface area contributed by atoms with Gasteiger partial charge in [0.15, 0.2) is 5.78 Å². The molecule has 6 rings (SSSR count). The van der Waals surface area contributed by atoms with Crippen LogP contribution in [0.15, 0.2) is 72.8 Å². The van der Waals surface area contributed by atoms with Crippen LogP contribution >= 0.6 is 0 Å². The second-order valence-corrected chi connectivity index (χ2v) is 13.9. The Bertz CT molecular complexity index is 1780. The molecule has 1 atom stereocenters. The number of urea groups is 1. The first kappa shape index (κ1) is 32.2. The van der Waals surface area contributed by atoms with Crippen LogP contribution in [-0.2, 0) is 16.6 Å². The van der Waals surface area contributed by atoms with Gasteiger partial charge in [-0.25, -0.2) is 9.48 Å². The SMILES string of the molecule is Cc1ccc(-n2nc(C(C)(C)C)cc2NC(=O)Nc2cccc(C(CC(=O)c3ccc4c(c3)CCC(=O)N4)C3CCNCC3)c2)cc1. The van der Waals surface area contributed by atoms with Gasteiger partial charge in [-0.2, -0.15) is 5.10 Å². The summed E-state index contributed by atoms with van der Waals surface area (Å²) in [4.78, 5) is 39.0. The minimum absolute atomic E-state index is 0.00228. The third kappa shape index (κ3) is 7.63. The molecule has 2 aliphatic heterocycles. The summed E-state index contributed by atoms with van der Waals surface area (Å²) in [5.74, 6) is 1.01. The number of nitrogens with zero attached hydrogens (tertiary/aromatic N) is 2. The van der Waals surface area contributed by atoms with E-state index in [1.165, 1.54) is 0 Å². The molecule has 1 saturated heterocycles. The van der Waals surface area contributed by atoms with E-state index in [0.29, 0.717) is 42.2 Å². The summed E-state index contributed by atoms with van der Waals surface area (Å²) < 4.78 is 1.77. The average molecular weight is 633 g/mol. The summed E-state index contributed by atoms with van der Waals surface area (Å²) in [5.41, 5.74) is 6.84. The fourth-order valence-corrected chi connectivity index (χ4v) is 6.52. The van der Waals surface area contributed by atoms with Gasteiger partial charge in [0.1, 0.15) is 5.82 Å². The molecule has 47 heavy (non-hydrogen) atoms. The van der Waals surface area contributed by atoms with E-state index in [1.807, 2.05) is 73.7 Å². The van der Waals surface area contributed by atoms with E-state index in [9.17, 15) is 14.4 Å². The number of anilines is 3.